The summed E-state index contributed by atoms with van der Waals surface area (Å²) in [6.45, 7) is 5.15. The molecule has 31 heavy (non-hydrogen) atoms. The molecule has 5 rings (SSSR count). The largest absolute Gasteiger partial charge is 0.475 e. The van der Waals surface area contributed by atoms with Crippen LogP contribution in [0.5, 0.6) is 5.88 Å². The fourth-order valence-corrected chi connectivity index (χ4v) is 5.02. The predicted molar refractivity (Wildman–Crippen MR) is 119 cm³/mol. The Morgan fingerprint density at radius 1 is 1.35 bits per heavy atom. The second-order valence-corrected chi connectivity index (χ2v) is 8.83. The topological polar surface area (TPSA) is 105 Å². The number of hydrogen-bond donors (Lipinski definition) is 3. The number of piperazine rings is 1. The van der Waals surface area contributed by atoms with Crippen LogP contribution in [0.4, 0.5) is 15.9 Å². The maximum Gasteiger partial charge on any atom is 0.263 e. The van der Waals surface area contributed by atoms with E-state index in [2.05, 4.69) is 20.6 Å². The van der Waals surface area contributed by atoms with Gasteiger partial charge in [-0.2, -0.15) is 4.98 Å². The van der Waals surface area contributed by atoms with Gasteiger partial charge in [0.15, 0.2) is 11.6 Å². The van der Waals surface area contributed by atoms with Crippen molar-refractivity contribution >= 4 is 39.0 Å². The van der Waals surface area contributed by atoms with Crippen molar-refractivity contribution in [3.63, 3.8) is 0 Å². The molecular weight excluding hydrogens is 419 g/mol. The Morgan fingerprint density at radius 3 is 2.97 bits per heavy atom. The molecule has 1 unspecified atom stereocenters. The van der Waals surface area contributed by atoms with Crippen molar-refractivity contribution in [2.45, 2.75) is 19.4 Å². The zero-order valence-electron chi connectivity index (χ0n) is 17.1. The van der Waals surface area contributed by atoms with Gasteiger partial charge in [-0.1, -0.05) is 0 Å². The third kappa shape index (κ3) is 3.77. The number of halogens is 1. The number of aromatic nitrogens is 2. The number of rotatable bonds is 3. The van der Waals surface area contributed by atoms with Gasteiger partial charge in [-0.15, -0.1) is 11.3 Å². The minimum absolute atomic E-state index is 0.264. The molecule has 2 aliphatic heterocycles. The smallest absolute Gasteiger partial charge is 0.263 e. The van der Waals surface area contributed by atoms with E-state index in [0.29, 0.717) is 47.3 Å². The summed E-state index contributed by atoms with van der Waals surface area (Å²) in [5.74, 6) is 0.109. The Labute approximate surface area is 182 Å². The number of nitrogen functional groups attached to an aromatic ring is 1. The molecule has 3 aromatic heterocycles. The highest BCUT2D eigenvalue weighted by Crippen LogP contribution is 2.33. The molecule has 4 N–H and O–H groups in total. The maximum absolute atomic E-state index is 14.7. The Kier molecular flexibility index (Phi) is 5.11. The quantitative estimate of drug-likeness (QED) is 0.569. The molecule has 0 aromatic carbocycles. The van der Waals surface area contributed by atoms with Crippen LogP contribution in [0.1, 0.15) is 20.9 Å². The number of fused-ring (bicyclic) bond motifs is 2. The number of carbonyl (C=O) groups excluding carboxylic acids is 1. The Morgan fingerprint density at radius 2 is 2.16 bits per heavy atom. The molecule has 3 aromatic rings. The number of ether oxygens (including phenoxy) is 1. The van der Waals surface area contributed by atoms with E-state index in [-0.39, 0.29) is 24.4 Å². The molecule has 1 amide bonds. The molecule has 0 bridgehead atoms. The van der Waals surface area contributed by atoms with Crippen molar-refractivity contribution in [2.24, 2.45) is 0 Å². The monoisotopic (exact) mass is 442 g/mol. The molecule has 0 saturated carbocycles. The second-order valence-electron chi connectivity index (χ2n) is 7.83. The summed E-state index contributed by atoms with van der Waals surface area (Å²) < 4.78 is 20.5. The van der Waals surface area contributed by atoms with Crippen molar-refractivity contribution in [2.75, 3.05) is 43.4 Å². The Hall–Kier alpha value is -2.98. The number of aryl methyl sites for hydroxylation is 1. The molecule has 0 spiro atoms. The van der Waals surface area contributed by atoms with E-state index in [0.717, 1.165) is 29.0 Å². The van der Waals surface area contributed by atoms with E-state index < -0.39 is 0 Å². The summed E-state index contributed by atoms with van der Waals surface area (Å²) in [5.41, 5.74) is 8.13. The first-order chi connectivity index (χ1) is 15.0. The summed E-state index contributed by atoms with van der Waals surface area (Å²) in [6, 6.07) is 4.92. The summed E-state index contributed by atoms with van der Waals surface area (Å²) in [7, 11) is 0. The van der Waals surface area contributed by atoms with Crippen LogP contribution in [0.15, 0.2) is 18.2 Å². The van der Waals surface area contributed by atoms with Crippen molar-refractivity contribution in [3.8, 4) is 5.88 Å². The second kappa shape index (κ2) is 7.93. The summed E-state index contributed by atoms with van der Waals surface area (Å²) in [4.78, 5) is 24.8. The highest BCUT2D eigenvalue weighted by atomic mass is 32.1. The number of carbonyl (C=O) groups is 1. The highest BCUT2D eigenvalue weighted by Gasteiger charge is 2.28. The van der Waals surface area contributed by atoms with E-state index in [1.54, 1.807) is 0 Å². The maximum atomic E-state index is 14.7. The fourth-order valence-electron chi connectivity index (χ4n) is 3.98. The minimum Gasteiger partial charge on any atom is -0.475 e. The van der Waals surface area contributed by atoms with Crippen LogP contribution in [0, 0.1) is 12.7 Å². The average Bonchev–Trinajstić information content (AvgIpc) is 3.09. The molecule has 1 atom stereocenters. The lowest BCUT2D eigenvalue weighted by molar-refractivity contribution is 0.0918. The highest BCUT2D eigenvalue weighted by molar-refractivity contribution is 7.21. The van der Waals surface area contributed by atoms with Gasteiger partial charge in [0.25, 0.3) is 5.91 Å². The van der Waals surface area contributed by atoms with Crippen molar-refractivity contribution in [1.29, 1.82) is 0 Å². The summed E-state index contributed by atoms with van der Waals surface area (Å²) in [6.07, 6.45) is 0.439. The first-order valence-electron chi connectivity index (χ1n) is 10.2. The third-order valence-electron chi connectivity index (χ3n) is 5.58. The average molecular weight is 443 g/mol. The van der Waals surface area contributed by atoms with Gasteiger partial charge in [-0.25, -0.2) is 9.37 Å². The molecule has 2 aliphatic rings. The number of nitrogens with one attached hydrogen (secondary N) is 2. The normalized spacial score (nSPS) is 18.5. The molecule has 0 aliphatic carbocycles. The van der Waals surface area contributed by atoms with Gasteiger partial charge in [0.1, 0.15) is 16.3 Å². The standard InChI is InChI=1S/C21H23FN6O2S/c1-11-2-3-14-16(23)17(31-21(14)25-11)19(29)26-13-8-12-9-15(22)18(27-20(12)30-10-13)28-6-4-24-5-7-28/h2-3,9,13,24H,4-8,10,23H2,1H3,(H,26,29). The van der Waals surface area contributed by atoms with Crippen LogP contribution in [0.3, 0.4) is 0 Å². The Bertz CT molecular complexity index is 1160. The first-order valence-corrected chi connectivity index (χ1v) is 11.1. The lowest BCUT2D eigenvalue weighted by Crippen LogP contribution is -2.45. The molecular formula is C21H23FN6O2S. The van der Waals surface area contributed by atoms with E-state index in [1.807, 2.05) is 24.0 Å². The van der Waals surface area contributed by atoms with Gasteiger partial charge in [0, 0.05) is 49.2 Å². The number of pyridine rings is 2. The molecule has 162 valence electrons. The van der Waals surface area contributed by atoms with Crippen molar-refractivity contribution < 1.29 is 13.9 Å². The van der Waals surface area contributed by atoms with Gasteiger partial charge in [-0.3, -0.25) is 4.79 Å². The molecule has 8 nitrogen and oxygen atoms in total. The van der Waals surface area contributed by atoms with Crippen LogP contribution in [-0.2, 0) is 6.42 Å². The predicted octanol–water partition coefficient (Wildman–Crippen LogP) is 1.86. The van der Waals surface area contributed by atoms with Gasteiger partial charge in [0.05, 0.1) is 11.7 Å². The summed E-state index contributed by atoms with van der Waals surface area (Å²) in [5, 5.41) is 6.98. The summed E-state index contributed by atoms with van der Waals surface area (Å²) >= 11 is 1.27. The minimum atomic E-state index is -0.369. The van der Waals surface area contributed by atoms with Gasteiger partial charge >= 0.3 is 0 Å². The third-order valence-corrected chi connectivity index (χ3v) is 6.69. The van der Waals surface area contributed by atoms with Crippen molar-refractivity contribution in [3.05, 3.63) is 40.2 Å². The zero-order chi connectivity index (χ0) is 21.5. The first kappa shape index (κ1) is 20.0. The van der Waals surface area contributed by atoms with Gasteiger partial charge in [0.2, 0.25) is 5.88 Å². The van der Waals surface area contributed by atoms with E-state index >= 15 is 0 Å². The molecule has 1 saturated heterocycles. The van der Waals surface area contributed by atoms with E-state index in [1.165, 1.54) is 17.4 Å². The fraction of sp³-hybridized carbons (Fsp3) is 0.381. The van der Waals surface area contributed by atoms with E-state index in [4.69, 9.17) is 10.5 Å². The van der Waals surface area contributed by atoms with Crippen LogP contribution < -0.4 is 26.0 Å². The number of thiophene rings is 1. The van der Waals surface area contributed by atoms with Crippen LogP contribution >= 0.6 is 11.3 Å². The number of nitrogens with two attached hydrogens (primary N) is 1. The van der Waals surface area contributed by atoms with Crippen LogP contribution in [-0.4, -0.2) is 54.7 Å². The molecule has 5 heterocycles. The van der Waals surface area contributed by atoms with Crippen LogP contribution in [0.2, 0.25) is 0 Å². The van der Waals surface area contributed by atoms with Crippen molar-refractivity contribution in [1.82, 2.24) is 20.6 Å². The zero-order valence-corrected chi connectivity index (χ0v) is 17.9. The Balaban J connectivity index is 1.32. The van der Waals surface area contributed by atoms with E-state index in [9.17, 15) is 9.18 Å². The lowest BCUT2D eigenvalue weighted by Gasteiger charge is -2.31. The number of anilines is 2. The van der Waals surface area contributed by atoms with Gasteiger partial charge < -0.3 is 26.0 Å². The molecule has 10 heteroatoms. The number of hydrogen-bond acceptors (Lipinski definition) is 8. The van der Waals surface area contributed by atoms with Crippen LogP contribution in [0.25, 0.3) is 10.2 Å². The lowest BCUT2D eigenvalue weighted by atomic mass is 10.0. The molecule has 1 fully saturated rings. The number of nitrogens with zero attached hydrogens (tertiary/aromatic N) is 3. The SMILES string of the molecule is Cc1ccc2c(N)c(C(=O)NC3COc4nc(N5CCNCC5)c(F)cc4C3)sc2n1. The number of amides is 1. The van der Waals surface area contributed by atoms with Gasteiger partial charge in [-0.05, 0) is 25.1 Å². The molecule has 0 radical (unpaired) electrons.